The molecule has 2 aromatic heterocycles. The van der Waals surface area contributed by atoms with Crippen molar-refractivity contribution in [2.75, 3.05) is 13.1 Å². The van der Waals surface area contributed by atoms with Crippen molar-refractivity contribution >= 4 is 5.91 Å². The lowest BCUT2D eigenvalue weighted by Gasteiger charge is -2.32. The van der Waals surface area contributed by atoms with Gasteiger partial charge in [0.2, 0.25) is 5.88 Å². The molecule has 136 valence electrons. The number of piperidine rings is 1. The number of benzene rings is 1. The summed E-state index contributed by atoms with van der Waals surface area (Å²) in [6, 6.07) is 11.2. The van der Waals surface area contributed by atoms with Crippen LogP contribution in [0.15, 0.2) is 61.2 Å². The van der Waals surface area contributed by atoms with E-state index in [2.05, 4.69) is 20.2 Å². The maximum atomic E-state index is 12.7. The van der Waals surface area contributed by atoms with E-state index in [9.17, 15) is 4.79 Å². The first kappa shape index (κ1) is 17.1. The van der Waals surface area contributed by atoms with E-state index in [-0.39, 0.29) is 11.8 Å². The molecule has 1 amide bonds. The summed E-state index contributed by atoms with van der Waals surface area (Å²) < 4.78 is 5.78. The lowest BCUT2D eigenvalue weighted by Crippen LogP contribution is -2.39. The molecule has 0 N–H and O–H groups in total. The number of hydrogen-bond acceptors (Lipinski definition) is 6. The number of carbonyl (C=O) groups is 1. The van der Waals surface area contributed by atoms with Crippen molar-refractivity contribution in [3.63, 3.8) is 0 Å². The number of hydrogen-bond donors (Lipinski definition) is 0. The summed E-state index contributed by atoms with van der Waals surface area (Å²) in [6.07, 6.45) is 8.27. The molecule has 1 aliphatic heterocycles. The quantitative estimate of drug-likeness (QED) is 0.710. The van der Waals surface area contributed by atoms with Crippen LogP contribution < -0.4 is 4.74 Å². The zero-order valence-electron chi connectivity index (χ0n) is 14.7. The van der Waals surface area contributed by atoms with Crippen LogP contribution in [0.4, 0.5) is 0 Å². The Balaban J connectivity index is 1.48. The summed E-state index contributed by atoms with van der Waals surface area (Å²) in [6.45, 7) is 1.33. The van der Waals surface area contributed by atoms with Gasteiger partial charge in [0, 0.05) is 25.2 Å². The zero-order chi connectivity index (χ0) is 18.5. The van der Waals surface area contributed by atoms with E-state index in [1.165, 1.54) is 12.4 Å². The first-order chi connectivity index (χ1) is 13.3. The Labute approximate surface area is 157 Å². The van der Waals surface area contributed by atoms with Crippen LogP contribution in [0.5, 0.6) is 11.6 Å². The van der Waals surface area contributed by atoms with Crippen molar-refractivity contribution in [3.05, 3.63) is 72.4 Å². The number of carbonyl (C=O) groups excluding carboxylic acids is 1. The highest BCUT2D eigenvalue weighted by molar-refractivity contribution is 5.93. The summed E-state index contributed by atoms with van der Waals surface area (Å²) in [7, 11) is 0. The van der Waals surface area contributed by atoms with Crippen LogP contribution in [0, 0.1) is 0 Å². The molecular weight excluding hydrogens is 342 g/mol. The molecular formula is C20H19N5O2. The van der Waals surface area contributed by atoms with Crippen LogP contribution in [0.2, 0.25) is 0 Å². The predicted octanol–water partition coefficient (Wildman–Crippen LogP) is 3.08. The fraction of sp³-hybridized carbons (Fsp3) is 0.250. The van der Waals surface area contributed by atoms with Crippen LogP contribution in [-0.2, 0) is 0 Å². The van der Waals surface area contributed by atoms with Gasteiger partial charge >= 0.3 is 0 Å². The molecule has 1 aliphatic rings. The first-order valence-corrected chi connectivity index (χ1v) is 8.90. The lowest BCUT2D eigenvalue weighted by atomic mass is 9.94. The Morgan fingerprint density at radius 2 is 1.96 bits per heavy atom. The van der Waals surface area contributed by atoms with Gasteiger partial charge < -0.3 is 9.64 Å². The summed E-state index contributed by atoms with van der Waals surface area (Å²) >= 11 is 0. The van der Waals surface area contributed by atoms with E-state index >= 15 is 0 Å². The molecule has 0 unspecified atom stereocenters. The normalized spacial score (nSPS) is 16.7. The molecule has 1 saturated heterocycles. The summed E-state index contributed by atoms with van der Waals surface area (Å²) in [5, 5.41) is 7.52. The minimum Gasteiger partial charge on any atom is -0.437 e. The van der Waals surface area contributed by atoms with Crippen molar-refractivity contribution in [3.8, 4) is 11.6 Å². The lowest BCUT2D eigenvalue weighted by molar-refractivity contribution is 0.0705. The highest BCUT2D eigenvalue weighted by Crippen LogP contribution is 2.28. The molecule has 0 saturated carbocycles. The largest absolute Gasteiger partial charge is 0.437 e. The van der Waals surface area contributed by atoms with Crippen molar-refractivity contribution in [2.45, 2.75) is 18.8 Å². The van der Waals surface area contributed by atoms with Crippen molar-refractivity contribution in [1.82, 2.24) is 25.1 Å². The van der Waals surface area contributed by atoms with E-state index in [1.54, 1.807) is 18.5 Å². The fourth-order valence-electron chi connectivity index (χ4n) is 3.22. The SMILES string of the molecule is O=C(c1ccnnc1)N1CCC[C@H](c2cncc(Oc3ccccc3)n2)C1. The third-order valence-corrected chi connectivity index (χ3v) is 4.55. The maximum absolute atomic E-state index is 12.7. The van der Waals surface area contributed by atoms with Crippen LogP contribution in [0.1, 0.15) is 34.8 Å². The Morgan fingerprint density at radius 1 is 1.07 bits per heavy atom. The molecule has 4 rings (SSSR count). The standard InChI is InChI=1S/C20H19N5O2/c26-20(15-8-9-22-23-11-15)25-10-4-5-16(14-25)18-12-21-13-19(24-18)27-17-6-2-1-3-7-17/h1-3,6-9,11-13,16H,4-5,10,14H2/t16-/m0/s1. The smallest absolute Gasteiger partial charge is 0.255 e. The predicted molar refractivity (Wildman–Crippen MR) is 98.5 cm³/mol. The summed E-state index contributed by atoms with van der Waals surface area (Å²) in [4.78, 5) is 23.4. The Bertz CT molecular complexity index is 905. The van der Waals surface area contributed by atoms with Gasteiger partial charge in [0.05, 0.1) is 29.8 Å². The first-order valence-electron chi connectivity index (χ1n) is 8.90. The van der Waals surface area contributed by atoms with Gasteiger partial charge in [-0.25, -0.2) is 4.98 Å². The van der Waals surface area contributed by atoms with Gasteiger partial charge in [-0.1, -0.05) is 18.2 Å². The molecule has 0 radical (unpaired) electrons. The molecule has 0 spiro atoms. The number of amides is 1. The molecule has 1 fully saturated rings. The van der Waals surface area contributed by atoms with Crippen molar-refractivity contribution in [1.29, 1.82) is 0 Å². The second kappa shape index (κ2) is 7.90. The molecule has 3 aromatic rings. The Morgan fingerprint density at radius 3 is 2.78 bits per heavy atom. The van der Waals surface area contributed by atoms with Crippen LogP contribution >= 0.6 is 0 Å². The number of para-hydroxylation sites is 1. The Hall–Kier alpha value is -3.35. The average Bonchev–Trinajstić information content (AvgIpc) is 2.75. The van der Waals surface area contributed by atoms with Gasteiger partial charge in [-0.15, -0.1) is 0 Å². The number of likely N-dealkylation sites (tertiary alicyclic amines) is 1. The zero-order valence-corrected chi connectivity index (χ0v) is 14.7. The molecule has 1 atom stereocenters. The third-order valence-electron chi connectivity index (χ3n) is 4.55. The number of rotatable bonds is 4. The van der Waals surface area contributed by atoms with Crippen LogP contribution in [0.3, 0.4) is 0 Å². The van der Waals surface area contributed by atoms with E-state index < -0.39 is 0 Å². The highest BCUT2D eigenvalue weighted by Gasteiger charge is 2.27. The molecule has 1 aromatic carbocycles. The van der Waals surface area contributed by atoms with Gasteiger partial charge in [0.15, 0.2) is 0 Å². The average molecular weight is 361 g/mol. The molecule has 0 aliphatic carbocycles. The minimum absolute atomic E-state index is 0.0285. The van der Waals surface area contributed by atoms with Gasteiger partial charge in [0.25, 0.3) is 5.91 Å². The summed E-state index contributed by atoms with van der Waals surface area (Å²) in [5.74, 6) is 1.28. The topological polar surface area (TPSA) is 81.1 Å². The second-order valence-corrected chi connectivity index (χ2v) is 6.42. The fourth-order valence-corrected chi connectivity index (χ4v) is 3.22. The van der Waals surface area contributed by atoms with E-state index in [0.29, 0.717) is 18.0 Å². The molecule has 7 heteroatoms. The minimum atomic E-state index is -0.0285. The number of aromatic nitrogens is 4. The molecule has 27 heavy (non-hydrogen) atoms. The second-order valence-electron chi connectivity index (χ2n) is 6.42. The monoisotopic (exact) mass is 361 g/mol. The summed E-state index contributed by atoms with van der Waals surface area (Å²) in [5.41, 5.74) is 1.40. The Kier molecular flexibility index (Phi) is 5.00. The van der Waals surface area contributed by atoms with E-state index in [0.717, 1.165) is 30.8 Å². The number of nitrogens with zero attached hydrogens (tertiary/aromatic N) is 5. The van der Waals surface area contributed by atoms with Gasteiger partial charge in [-0.3, -0.25) is 9.78 Å². The van der Waals surface area contributed by atoms with Crippen LogP contribution in [0.25, 0.3) is 0 Å². The van der Waals surface area contributed by atoms with Crippen LogP contribution in [-0.4, -0.2) is 44.1 Å². The van der Waals surface area contributed by atoms with Crippen molar-refractivity contribution in [2.24, 2.45) is 0 Å². The number of ether oxygens (including phenoxy) is 1. The third kappa shape index (κ3) is 4.08. The van der Waals surface area contributed by atoms with Gasteiger partial charge in [0.1, 0.15) is 5.75 Å². The van der Waals surface area contributed by atoms with E-state index in [4.69, 9.17) is 4.74 Å². The molecule has 0 bridgehead atoms. The van der Waals surface area contributed by atoms with E-state index in [1.807, 2.05) is 35.2 Å². The highest BCUT2D eigenvalue weighted by atomic mass is 16.5. The molecule has 7 nitrogen and oxygen atoms in total. The van der Waals surface area contributed by atoms with Gasteiger partial charge in [-0.05, 0) is 31.0 Å². The van der Waals surface area contributed by atoms with Crippen molar-refractivity contribution < 1.29 is 9.53 Å². The maximum Gasteiger partial charge on any atom is 0.255 e. The van der Waals surface area contributed by atoms with Gasteiger partial charge in [-0.2, -0.15) is 10.2 Å². The molecule has 3 heterocycles.